The largest absolute Gasteiger partial charge is 0.396 e. The molecule has 0 heterocycles. The fourth-order valence-electron chi connectivity index (χ4n) is 1.32. The van der Waals surface area contributed by atoms with E-state index in [0.29, 0.717) is 0 Å². The predicted molar refractivity (Wildman–Crippen MR) is 65.5 cm³/mol. The summed E-state index contributed by atoms with van der Waals surface area (Å²) in [5.74, 6) is 0.230. The van der Waals surface area contributed by atoms with Crippen molar-refractivity contribution >= 4 is 23.5 Å². The lowest BCUT2D eigenvalue weighted by Gasteiger charge is -2.13. The van der Waals surface area contributed by atoms with Gasteiger partial charge in [0, 0.05) is 22.3 Å². The van der Waals surface area contributed by atoms with Crippen LogP contribution in [0.15, 0.2) is 28.0 Å². The van der Waals surface area contributed by atoms with Gasteiger partial charge in [-0.15, -0.1) is 23.5 Å². The van der Waals surface area contributed by atoms with Gasteiger partial charge in [0.25, 0.3) is 0 Å². The van der Waals surface area contributed by atoms with Crippen LogP contribution in [0.25, 0.3) is 0 Å². The number of thioether (sulfide) groups is 2. The minimum atomic E-state index is 0.214. The van der Waals surface area contributed by atoms with E-state index in [0.717, 1.165) is 0 Å². The number of aliphatic hydroxyl groups excluding tert-OH is 1. The smallest absolute Gasteiger partial charge is 0.0497 e. The van der Waals surface area contributed by atoms with Crippen LogP contribution in [0.5, 0.6) is 0 Å². The summed E-state index contributed by atoms with van der Waals surface area (Å²) in [4.78, 5) is 2.56. The summed E-state index contributed by atoms with van der Waals surface area (Å²) in [6.07, 6.45) is 4.15. The van der Waals surface area contributed by atoms with E-state index in [1.54, 1.807) is 23.5 Å². The zero-order chi connectivity index (χ0) is 10.6. The maximum absolute atomic E-state index is 9.12. The Hall–Kier alpha value is -0.120. The molecule has 0 aromatic heterocycles. The third-order valence-electron chi connectivity index (χ3n) is 2.25. The lowest BCUT2D eigenvalue weighted by molar-refractivity contribution is 0.272. The van der Waals surface area contributed by atoms with Gasteiger partial charge in [-0.1, -0.05) is 13.0 Å². The third kappa shape index (κ3) is 2.69. The molecule has 3 heteroatoms. The minimum absolute atomic E-state index is 0.214. The van der Waals surface area contributed by atoms with E-state index in [2.05, 4.69) is 30.7 Å². The molecule has 0 bridgehead atoms. The highest BCUT2D eigenvalue weighted by Crippen LogP contribution is 2.30. The normalized spacial score (nSPS) is 12.9. The summed E-state index contributed by atoms with van der Waals surface area (Å²) in [5, 5.41) is 9.12. The molecule has 1 atom stereocenters. The second kappa shape index (κ2) is 5.69. The Kier molecular flexibility index (Phi) is 4.85. The Morgan fingerprint density at radius 1 is 1.29 bits per heavy atom. The van der Waals surface area contributed by atoms with Gasteiger partial charge in [0.1, 0.15) is 0 Å². The lowest BCUT2D eigenvalue weighted by Crippen LogP contribution is -2.00. The Balaban J connectivity index is 3.04. The summed E-state index contributed by atoms with van der Waals surface area (Å²) < 4.78 is 0. The van der Waals surface area contributed by atoms with E-state index in [9.17, 15) is 0 Å². The van der Waals surface area contributed by atoms with Gasteiger partial charge in [-0.2, -0.15) is 0 Å². The molecular formula is C11H16OS2. The third-order valence-corrected chi connectivity index (χ3v) is 3.76. The minimum Gasteiger partial charge on any atom is -0.396 e. The van der Waals surface area contributed by atoms with Crippen LogP contribution in [0.1, 0.15) is 18.4 Å². The van der Waals surface area contributed by atoms with Gasteiger partial charge >= 0.3 is 0 Å². The van der Waals surface area contributed by atoms with Gasteiger partial charge in [-0.3, -0.25) is 0 Å². The molecule has 0 saturated carbocycles. The highest BCUT2D eigenvalue weighted by atomic mass is 32.2. The fraction of sp³-hybridized carbons (Fsp3) is 0.455. The Morgan fingerprint density at radius 3 is 2.50 bits per heavy atom. The van der Waals surface area contributed by atoms with E-state index < -0.39 is 0 Å². The molecule has 0 aliphatic carbocycles. The van der Waals surface area contributed by atoms with Crippen molar-refractivity contribution in [1.29, 1.82) is 0 Å². The van der Waals surface area contributed by atoms with Crippen LogP contribution < -0.4 is 0 Å². The summed E-state index contributed by atoms with van der Waals surface area (Å²) >= 11 is 3.49. The molecule has 1 nitrogen and oxygen atoms in total. The average Bonchev–Trinajstić information content (AvgIpc) is 2.27. The Bertz CT molecular complexity index is 299. The summed E-state index contributed by atoms with van der Waals surface area (Å²) in [6.45, 7) is 2.26. The molecule has 1 unspecified atom stereocenters. The molecule has 0 aliphatic rings. The molecule has 0 aliphatic heterocycles. The van der Waals surface area contributed by atoms with E-state index in [1.165, 1.54) is 15.4 Å². The maximum Gasteiger partial charge on any atom is 0.0497 e. The Morgan fingerprint density at radius 2 is 2.00 bits per heavy atom. The van der Waals surface area contributed by atoms with Gasteiger partial charge in [-0.25, -0.2) is 0 Å². The van der Waals surface area contributed by atoms with Gasteiger partial charge in [0.2, 0.25) is 0 Å². The first-order valence-electron chi connectivity index (χ1n) is 4.55. The van der Waals surface area contributed by atoms with Gasteiger partial charge in [0.05, 0.1) is 0 Å². The zero-order valence-electron chi connectivity index (χ0n) is 8.78. The van der Waals surface area contributed by atoms with Crippen molar-refractivity contribution in [1.82, 2.24) is 0 Å². The molecule has 1 aromatic carbocycles. The monoisotopic (exact) mass is 228 g/mol. The van der Waals surface area contributed by atoms with Crippen molar-refractivity contribution < 1.29 is 5.11 Å². The average molecular weight is 228 g/mol. The van der Waals surface area contributed by atoms with E-state index >= 15 is 0 Å². The SMILES string of the molecule is CSc1ccc(C(C)CO)c(SC)c1. The van der Waals surface area contributed by atoms with Crippen LogP contribution in [-0.2, 0) is 0 Å². The van der Waals surface area contributed by atoms with E-state index in [-0.39, 0.29) is 12.5 Å². The quantitative estimate of drug-likeness (QED) is 0.799. The molecule has 0 radical (unpaired) electrons. The molecule has 1 N–H and O–H groups in total. The molecule has 1 rings (SSSR count). The molecule has 1 aromatic rings. The second-order valence-corrected chi connectivity index (χ2v) is 4.92. The van der Waals surface area contributed by atoms with Gasteiger partial charge in [-0.05, 0) is 30.2 Å². The van der Waals surface area contributed by atoms with Gasteiger partial charge in [0.15, 0.2) is 0 Å². The number of aliphatic hydroxyl groups is 1. The van der Waals surface area contributed by atoms with Crippen molar-refractivity contribution in [3.63, 3.8) is 0 Å². The second-order valence-electron chi connectivity index (χ2n) is 3.19. The van der Waals surface area contributed by atoms with Crippen molar-refractivity contribution in [3.05, 3.63) is 23.8 Å². The van der Waals surface area contributed by atoms with Crippen molar-refractivity contribution in [2.45, 2.75) is 22.6 Å². The van der Waals surface area contributed by atoms with Crippen LogP contribution in [0.2, 0.25) is 0 Å². The van der Waals surface area contributed by atoms with E-state index in [4.69, 9.17) is 5.11 Å². The number of benzene rings is 1. The standard InChI is InChI=1S/C11H16OS2/c1-8(7-12)10-5-4-9(13-2)6-11(10)14-3/h4-6,8,12H,7H2,1-3H3. The van der Waals surface area contributed by atoms with E-state index in [1.807, 2.05) is 6.92 Å². The molecule has 0 fully saturated rings. The number of hydrogen-bond donors (Lipinski definition) is 1. The first-order valence-corrected chi connectivity index (χ1v) is 7.00. The fourth-order valence-corrected chi connectivity index (χ4v) is 2.59. The number of hydrogen-bond acceptors (Lipinski definition) is 3. The van der Waals surface area contributed by atoms with Crippen LogP contribution in [0, 0.1) is 0 Å². The van der Waals surface area contributed by atoms with Crippen LogP contribution in [0.4, 0.5) is 0 Å². The summed E-state index contributed by atoms with van der Waals surface area (Å²) in [6, 6.07) is 6.43. The van der Waals surface area contributed by atoms with Crippen molar-refractivity contribution in [3.8, 4) is 0 Å². The lowest BCUT2D eigenvalue weighted by atomic mass is 10.0. The van der Waals surface area contributed by atoms with Crippen LogP contribution in [-0.4, -0.2) is 24.2 Å². The molecular weight excluding hydrogens is 212 g/mol. The summed E-state index contributed by atoms with van der Waals surface area (Å²) in [7, 11) is 0. The highest BCUT2D eigenvalue weighted by molar-refractivity contribution is 7.99. The van der Waals surface area contributed by atoms with Gasteiger partial charge < -0.3 is 5.11 Å². The molecule has 0 spiro atoms. The number of rotatable bonds is 4. The van der Waals surface area contributed by atoms with Crippen molar-refractivity contribution in [2.75, 3.05) is 19.1 Å². The maximum atomic E-state index is 9.12. The highest BCUT2D eigenvalue weighted by Gasteiger charge is 2.09. The topological polar surface area (TPSA) is 20.2 Å². The van der Waals surface area contributed by atoms with Crippen molar-refractivity contribution in [2.24, 2.45) is 0 Å². The molecule has 14 heavy (non-hydrogen) atoms. The van der Waals surface area contributed by atoms with Crippen LogP contribution in [0.3, 0.4) is 0 Å². The first kappa shape index (κ1) is 12.0. The zero-order valence-corrected chi connectivity index (χ0v) is 10.4. The molecule has 0 amide bonds. The molecule has 78 valence electrons. The summed E-state index contributed by atoms with van der Waals surface area (Å²) in [5.41, 5.74) is 1.25. The predicted octanol–water partition coefficient (Wildman–Crippen LogP) is 3.23. The Labute approximate surface area is 94.3 Å². The first-order chi connectivity index (χ1) is 6.72. The molecule has 0 saturated heterocycles. The van der Waals surface area contributed by atoms with Crippen LogP contribution >= 0.6 is 23.5 Å².